The van der Waals surface area contributed by atoms with Crippen LogP contribution < -0.4 is 10.5 Å². The van der Waals surface area contributed by atoms with Gasteiger partial charge >= 0.3 is 0 Å². The molecule has 0 saturated carbocycles. The van der Waals surface area contributed by atoms with E-state index >= 15 is 0 Å². The van der Waals surface area contributed by atoms with Crippen molar-refractivity contribution in [2.24, 2.45) is 0 Å². The number of nitrogens with two attached hydrogens (primary N) is 1. The number of nitrogen functional groups attached to an aromatic ring is 1. The third kappa shape index (κ3) is 3.64. The average molecular weight is 341 g/mol. The van der Waals surface area contributed by atoms with Crippen LogP contribution in [-0.2, 0) is 0 Å². The van der Waals surface area contributed by atoms with Gasteiger partial charge in [0.25, 0.3) is 0 Å². The maximum absolute atomic E-state index is 9.13. The molecule has 0 saturated heterocycles. The molecular weight excluding hydrogens is 330 g/mol. The second-order valence-electron chi connectivity index (χ2n) is 2.96. The Hall–Kier alpha value is -0.300. The van der Waals surface area contributed by atoms with Gasteiger partial charge < -0.3 is 20.7 Å². The summed E-state index contributed by atoms with van der Waals surface area (Å²) in [5.41, 5.74) is 6.21. The molecule has 84 valence electrons. The number of aliphatic hydroxyl groups is 2. The predicted molar refractivity (Wildman–Crippen MR) is 64.8 cm³/mol. The van der Waals surface area contributed by atoms with Gasteiger partial charge in [0.2, 0.25) is 0 Å². The van der Waals surface area contributed by atoms with Gasteiger partial charge in [0.15, 0.2) is 0 Å². The van der Waals surface area contributed by atoms with E-state index in [0.717, 1.165) is 0 Å². The van der Waals surface area contributed by atoms with Crippen molar-refractivity contribution in [1.29, 1.82) is 0 Å². The fourth-order valence-electron chi connectivity index (χ4n) is 0.950. The van der Waals surface area contributed by atoms with Gasteiger partial charge in [-0.2, -0.15) is 0 Å². The molecule has 0 aromatic heterocycles. The molecule has 0 spiro atoms. The minimum Gasteiger partial charge on any atom is -0.488 e. The molecule has 0 radical (unpaired) electrons. The van der Waals surface area contributed by atoms with Crippen LogP contribution in [-0.4, -0.2) is 29.5 Å². The van der Waals surface area contributed by atoms with E-state index in [1.165, 1.54) is 0 Å². The zero-order valence-electron chi connectivity index (χ0n) is 7.78. The van der Waals surface area contributed by atoms with Gasteiger partial charge in [0.05, 0.1) is 15.6 Å². The molecule has 0 aliphatic carbocycles. The van der Waals surface area contributed by atoms with E-state index < -0.39 is 6.10 Å². The first kappa shape index (κ1) is 12.8. The topological polar surface area (TPSA) is 75.7 Å². The van der Waals surface area contributed by atoms with Crippen LogP contribution >= 0.6 is 31.9 Å². The number of hydrogen-bond donors (Lipinski definition) is 3. The molecular formula is C9H11Br2NO3. The van der Waals surface area contributed by atoms with Crippen molar-refractivity contribution in [2.45, 2.75) is 6.10 Å². The van der Waals surface area contributed by atoms with E-state index in [9.17, 15) is 0 Å². The van der Waals surface area contributed by atoms with E-state index in [2.05, 4.69) is 31.9 Å². The monoisotopic (exact) mass is 339 g/mol. The molecule has 0 fully saturated rings. The zero-order chi connectivity index (χ0) is 11.4. The lowest BCUT2D eigenvalue weighted by Crippen LogP contribution is -2.21. The number of hydrogen-bond acceptors (Lipinski definition) is 4. The minimum atomic E-state index is -0.888. The Morgan fingerprint density at radius 3 is 2.33 bits per heavy atom. The highest BCUT2D eigenvalue weighted by molar-refractivity contribution is 9.11. The second-order valence-corrected chi connectivity index (χ2v) is 4.67. The van der Waals surface area contributed by atoms with Gasteiger partial charge in [-0.05, 0) is 44.0 Å². The molecule has 1 unspecified atom stereocenters. The highest BCUT2D eigenvalue weighted by Crippen LogP contribution is 2.35. The summed E-state index contributed by atoms with van der Waals surface area (Å²) >= 11 is 6.58. The third-order valence-electron chi connectivity index (χ3n) is 1.65. The van der Waals surface area contributed by atoms with Gasteiger partial charge in [-0.25, -0.2) is 0 Å². The van der Waals surface area contributed by atoms with E-state index in [4.69, 9.17) is 20.7 Å². The lowest BCUT2D eigenvalue weighted by atomic mass is 10.3. The molecule has 15 heavy (non-hydrogen) atoms. The summed E-state index contributed by atoms with van der Waals surface area (Å²) in [6.45, 7) is -0.304. The number of rotatable bonds is 4. The molecule has 1 atom stereocenters. The fraction of sp³-hybridized carbons (Fsp3) is 0.333. The van der Waals surface area contributed by atoms with Gasteiger partial charge in [-0.3, -0.25) is 0 Å². The van der Waals surface area contributed by atoms with Crippen LogP contribution in [0.5, 0.6) is 5.75 Å². The van der Waals surface area contributed by atoms with Crippen molar-refractivity contribution in [2.75, 3.05) is 18.9 Å². The van der Waals surface area contributed by atoms with E-state index in [-0.39, 0.29) is 13.2 Å². The maximum atomic E-state index is 9.13. The van der Waals surface area contributed by atoms with Crippen LogP contribution in [0.2, 0.25) is 0 Å². The van der Waals surface area contributed by atoms with E-state index in [1.807, 2.05) is 0 Å². The zero-order valence-corrected chi connectivity index (χ0v) is 11.0. The standard InChI is InChI=1S/C9H11Br2NO3/c10-7-1-5(12)2-8(11)9(7)15-4-6(14)3-13/h1-2,6,13-14H,3-4,12H2. The fourth-order valence-corrected chi connectivity index (χ4v) is 2.40. The summed E-state index contributed by atoms with van der Waals surface area (Å²) in [6.07, 6.45) is -0.888. The summed E-state index contributed by atoms with van der Waals surface area (Å²) < 4.78 is 6.70. The Labute approximate surface area is 104 Å². The summed E-state index contributed by atoms with van der Waals surface area (Å²) in [7, 11) is 0. The first-order valence-corrected chi connectivity index (χ1v) is 5.79. The van der Waals surface area contributed by atoms with Crippen LogP contribution in [0, 0.1) is 0 Å². The number of ether oxygens (including phenoxy) is 1. The highest BCUT2D eigenvalue weighted by atomic mass is 79.9. The molecule has 4 N–H and O–H groups in total. The number of benzene rings is 1. The van der Waals surface area contributed by atoms with Gasteiger partial charge in [0.1, 0.15) is 18.5 Å². The molecule has 0 amide bonds. The van der Waals surface area contributed by atoms with Gasteiger partial charge in [-0.15, -0.1) is 0 Å². The summed E-state index contributed by atoms with van der Waals surface area (Å²) in [5.74, 6) is 0.553. The van der Waals surface area contributed by atoms with Crippen molar-refractivity contribution in [1.82, 2.24) is 0 Å². The largest absolute Gasteiger partial charge is 0.488 e. The van der Waals surface area contributed by atoms with Gasteiger partial charge in [-0.1, -0.05) is 0 Å². The van der Waals surface area contributed by atoms with Crippen molar-refractivity contribution in [3.05, 3.63) is 21.1 Å². The van der Waals surface area contributed by atoms with Gasteiger partial charge in [0, 0.05) is 5.69 Å². The Balaban J connectivity index is 2.77. The minimum absolute atomic E-state index is 0.0254. The molecule has 1 aromatic carbocycles. The van der Waals surface area contributed by atoms with E-state index in [0.29, 0.717) is 20.4 Å². The van der Waals surface area contributed by atoms with Crippen molar-refractivity contribution >= 4 is 37.5 Å². The van der Waals surface area contributed by atoms with Crippen molar-refractivity contribution < 1.29 is 14.9 Å². The molecule has 1 aromatic rings. The lowest BCUT2D eigenvalue weighted by molar-refractivity contribution is 0.0531. The van der Waals surface area contributed by atoms with Crippen LogP contribution in [0.1, 0.15) is 0 Å². The first-order chi connectivity index (χ1) is 7.04. The van der Waals surface area contributed by atoms with E-state index in [1.54, 1.807) is 12.1 Å². The summed E-state index contributed by atoms with van der Waals surface area (Å²) in [4.78, 5) is 0. The predicted octanol–water partition coefficient (Wildman–Crippen LogP) is 1.53. The summed E-state index contributed by atoms with van der Waals surface area (Å²) in [5, 5.41) is 17.7. The molecule has 0 heterocycles. The number of anilines is 1. The average Bonchev–Trinajstić information content (AvgIpc) is 2.15. The molecule has 1 rings (SSSR count). The summed E-state index contributed by atoms with van der Waals surface area (Å²) in [6, 6.07) is 3.40. The Kier molecular flexibility index (Phi) is 4.85. The SMILES string of the molecule is Nc1cc(Br)c(OCC(O)CO)c(Br)c1. The molecule has 0 aliphatic heterocycles. The van der Waals surface area contributed by atoms with Crippen LogP contribution in [0.25, 0.3) is 0 Å². The smallest absolute Gasteiger partial charge is 0.147 e. The quantitative estimate of drug-likeness (QED) is 0.726. The number of aliphatic hydroxyl groups excluding tert-OH is 2. The lowest BCUT2D eigenvalue weighted by Gasteiger charge is -2.13. The molecule has 4 nitrogen and oxygen atoms in total. The molecule has 6 heteroatoms. The number of halogens is 2. The van der Waals surface area contributed by atoms with Crippen LogP contribution in [0.3, 0.4) is 0 Å². The molecule has 0 bridgehead atoms. The Bertz CT molecular complexity index is 323. The normalized spacial score (nSPS) is 12.5. The molecule has 0 aliphatic rings. The maximum Gasteiger partial charge on any atom is 0.147 e. The first-order valence-electron chi connectivity index (χ1n) is 4.21. The Morgan fingerprint density at radius 2 is 1.87 bits per heavy atom. The Morgan fingerprint density at radius 1 is 1.33 bits per heavy atom. The third-order valence-corrected chi connectivity index (χ3v) is 2.83. The highest BCUT2D eigenvalue weighted by Gasteiger charge is 2.10. The second kappa shape index (κ2) is 5.69. The van der Waals surface area contributed by atoms with Crippen LogP contribution in [0.15, 0.2) is 21.1 Å². The van der Waals surface area contributed by atoms with Crippen LogP contribution in [0.4, 0.5) is 5.69 Å². The van der Waals surface area contributed by atoms with Crippen molar-refractivity contribution in [3.8, 4) is 5.75 Å². The van der Waals surface area contributed by atoms with Crippen molar-refractivity contribution in [3.63, 3.8) is 0 Å².